The van der Waals surface area contributed by atoms with Gasteiger partial charge in [-0.3, -0.25) is 9.00 Å². The van der Waals surface area contributed by atoms with Crippen LogP contribution in [0.4, 0.5) is 0 Å². The molecule has 1 saturated carbocycles. The summed E-state index contributed by atoms with van der Waals surface area (Å²) in [6, 6.07) is -0.361. The van der Waals surface area contributed by atoms with Crippen molar-refractivity contribution in [2.45, 2.75) is 70.7 Å². The van der Waals surface area contributed by atoms with Crippen LogP contribution in [0, 0.1) is 5.41 Å². The number of carbonyl (C=O) groups is 1. The summed E-state index contributed by atoms with van der Waals surface area (Å²) in [6.45, 7) is 7.85. The number of hydrogen-bond donors (Lipinski definition) is 2. The lowest BCUT2D eigenvalue weighted by atomic mass is 9.86. The molecule has 0 aromatic heterocycles. The van der Waals surface area contributed by atoms with Crippen LogP contribution in [0.5, 0.6) is 0 Å². The fraction of sp³-hybridized carbons (Fsp3) is 0.929. The Kier molecular flexibility index (Phi) is 8.29. The third kappa shape index (κ3) is 5.70. The van der Waals surface area contributed by atoms with E-state index in [1.165, 1.54) is 0 Å². The molecule has 1 fully saturated rings. The molecule has 6 heteroatoms. The van der Waals surface area contributed by atoms with Crippen LogP contribution in [-0.2, 0) is 15.6 Å². The largest absolute Gasteiger partial charge is 0.352 e. The minimum atomic E-state index is -0.759. The summed E-state index contributed by atoms with van der Waals surface area (Å²) >= 11 is 0. The van der Waals surface area contributed by atoms with Crippen LogP contribution in [0.25, 0.3) is 0 Å². The summed E-state index contributed by atoms with van der Waals surface area (Å²) in [5.41, 5.74) is 5.73. The first-order valence-corrected chi connectivity index (χ1v) is 8.57. The van der Waals surface area contributed by atoms with Crippen LogP contribution < -0.4 is 11.1 Å². The van der Waals surface area contributed by atoms with Gasteiger partial charge in [-0.25, -0.2) is 0 Å². The summed E-state index contributed by atoms with van der Waals surface area (Å²) in [5, 5.41) is 3.27. The second-order valence-electron chi connectivity index (χ2n) is 6.51. The Morgan fingerprint density at radius 2 is 2.00 bits per heavy atom. The van der Waals surface area contributed by atoms with Gasteiger partial charge in [0, 0.05) is 27.8 Å². The van der Waals surface area contributed by atoms with Gasteiger partial charge in [0.1, 0.15) is 0 Å². The number of halogens is 1. The molecule has 1 amide bonds. The molecule has 4 nitrogen and oxygen atoms in total. The maximum Gasteiger partial charge on any atom is 0.237 e. The Bertz CT molecular complexity index is 345. The standard InChI is InChI=1S/C14H28N2O2S.ClH/c1-5-19(18)11-8-6-7-10(9-11)16-13(17)12(15)14(2,3)4;/h10-12H,5-9,15H2,1-4H3,(H,16,17);1H/t10?,11?,12-,19?;/m1./s1. The second kappa shape index (κ2) is 8.35. The van der Waals surface area contributed by atoms with E-state index in [4.69, 9.17) is 5.73 Å². The van der Waals surface area contributed by atoms with Crippen LogP contribution in [0.15, 0.2) is 0 Å². The van der Waals surface area contributed by atoms with Gasteiger partial charge >= 0.3 is 0 Å². The molecule has 20 heavy (non-hydrogen) atoms. The highest BCUT2D eigenvalue weighted by atomic mass is 35.5. The molecule has 0 bridgehead atoms. The molecule has 1 aliphatic carbocycles. The maximum absolute atomic E-state index is 12.1. The molecule has 1 aliphatic rings. The van der Waals surface area contributed by atoms with Gasteiger partial charge in [-0.1, -0.05) is 34.1 Å². The summed E-state index contributed by atoms with van der Waals surface area (Å²) < 4.78 is 11.9. The number of rotatable bonds is 4. The number of nitrogens with two attached hydrogens (primary N) is 1. The van der Waals surface area contributed by atoms with Crippen LogP contribution in [0.3, 0.4) is 0 Å². The van der Waals surface area contributed by atoms with E-state index in [0.717, 1.165) is 25.7 Å². The molecule has 0 aromatic carbocycles. The van der Waals surface area contributed by atoms with E-state index in [0.29, 0.717) is 5.75 Å². The SMILES string of the molecule is CCS(=O)C1CCCC(NC(=O)[C@@H](N)C(C)(C)C)C1.Cl. The van der Waals surface area contributed by atoms with Gasteiger partial charge in [0.25, 0.3) is 0 Å². The van der Waals surface area contributed by atoms with Crippen LogP contribution >= 0.6 is 12.4 Å². The third-order valence-corrected chi connectivity index (χ3v) is 5.59. The van der Waals surface area contributed by atoms with Gasteiger partial charge in [-0.2, -0.15) is 0 Å². The van der Waals surface area contributed by atoms with Gasteiger partial charge in [-0.05, 0) is 24.7 Å². The number of hydrogen-bond acceptors (Lipinski definition) is 3. The predicted octanol–water partition coefficient (Wildman–Crippen LogP) is 1.98. The highest BCUT2D eigenvalue weighted by Crippen LogP contribution is 2.24. The summed E-state index contributed by atoms with van der Waals surface area (Å²) in [4.78, 5) is 12.1. The van der Waals surface area contributed by atoms with E-state index in [2.05, 4.69) is 5.32 Å². The second-order valence-corrected chi connectivity index (χ2v) is 8.51. The Morgan fingerprint density at radius 1 is 1.40 bits per heavy atom. The van der Waals surface area contributed by atoms with Gasteiger partial charge in [-0.15, -0.1) is 12.4 Å². The first-order chi connectivity index (χ1) is 8.75. The molecule has 4 atom stereocenters. The van der Waals surface area contributed by atoms with Gasteiger partial charge in [0.15, 0.2) is 0 Å². The average molecular weight is 325 g/mol. The van der Waals surface area contributed by atoms with Crippen LogP contribution in [-0.4, -0.2) is 33.2 Å². The monoisotopic (exact) mass is 324 g/mol. The lowest BCUT2D eigenvalue weighted by Crippen LogP contribution is -2.52. The maximum atomic E-state index is 12.1. The van der Waals surface area contributed by atoms with E-state index in [9.17, 15) is 9.00 Å². The molecule has 0 aliphatic heterocycles. The summed E-state index contributed by atoms with van der Waals surface area (Å²) in [6.07, 6.45) is 3.84. The van der Waals surface area contributed by atoms with Crippen LogP contribution in [0.1, 0.15) is 53.4 Å². The smallest absolute Gasteiger partial charge is 0.237 e. The topological polar surface area (TPSA) is 72.2 Å². The minimum Gasteiger partial charge on any atom is -0.352 e. The van der Waals surface area contributed by atoms with Crippen molar-refractivity contribution in [1.29, 1.82) is 0 Å². The van der Waals surface area contributed by atoms with Crippen molar-refractivity contribution in [3.05, 3.63) is 0 Å². The van der Waals surface area contributed by atoms with E-state index in [1.54, 1.807) is 0 Å². The first-order valence-electron chi connectivity index (χ1n) is 7.18. The highest BCUT2D eigenvalue weighted by Gasteiger charge is 2.31. The molecule has 3 unspecified atom stereocenters. The molecular formula is C14H29ClN2O2S. The van der Waals surface area contributed by atoms with E-state index in [1.807, 2.05) is 27.7 Å². The molecule has 0 aromatic rings. The van der Waals surface area contributed by atoms with Crippen molar-refractivity contribution in [3.63, 3.8) is 0 Å². The third-order valence-electron chi connectivity index (χ3n) is 3.84. The molecule has 0 heterocycles. The Labute approximate surface area is 131 Å². The van der Waals surface area contributed by atoms with Crippen molar-refractivity contribution < 1.29 is 9.00 Å². The number of carbonyl (C=O) groups excluding carboxylic acids is 1. The summed E-state index contributed by atoms with van der Waals surface area (Å²) in [5.74, 6) is 0.618. The van der Waals surface area contributed by atoms with Gasteiger partial charge < -0.3 is 11.1 Å². The quantitative estimate of drug-likeness (QED) is 0.830. The van der Waals surface area contributed by atoms with Crippen molar-refractivity contribution in [1.82, 2.24) is 5.32 Å². The first kappa shape index (κ1) is 19.9. The molecular weight excluding hydrogens is 296 g/mol. The van der Waals surface area contributed by atoms with Crippen molar-refractivity contribution >= 4 is 29.1 Å². The lowest BCUT2D eigenvalue weighted by Gasteiger charge is -2.32. The van der Waals surface area contributed by atoms with E-state index in [-0.39, 0.29) is 35.0 Å². The average Bonchev–Trinajstić information content (AvgIpc) is 2.36. The van der Waals surface area contributed by atoms with Crippen LogP contribution in [0.2, 0.25) is 0 Å². The minimum absolute atomic E-state index is 0. The number of nitrogens with one attached hydrogen (secondary N) is 1. The van der Waals surface area contributed by atoms with Crippen molar-refractivity contribution in [2.75, 3.05) is 5.75 Å². The fourth-order valence-electron chi connectivity index (χ4n) is 2.43. The predicted molar refractivity (Wildman–Crippen MR) is 87.5 cm³/mol. The zero-order valence-electron chi connectivity index (χ0n) is 13.0. The van der Waals surface area contributed by atoms with E-state index < -0.39 is 16.8 Å². The zero-order chi connectivity index (χ0) is 14.6. The summed E-state index contributed by atoms with van der Waals surface area (Å²) in [7, 11) is -0.759. The molecule has 0 radical (unpaired) electrons. The Hall–Kier alpha value is -0.130. The van der Waals surface area contributed by atoms with Crippen molar-refractivity contribution in [2.24, 2.45) is 11.1 Å². The van der Waals surface area contributed by atoms with Crippen molar-refractivity contribution in [3.8, 4) is 0 Å². The lowest BCUT2D eigenvalue weighted by molar-refractivity contribution is -0.125. The zero-order valence-corrected chi connectivity index (χ0v) is 14.6. The molecule has 0 spiro atoms. The highest BCUT2D eigenvalue weighted by molar-refractivity contribution is 7.85. The van der Waals surface area contributed by atoms with E-state index >= 15 is 0 Å². The van der Waals surface area contributed by atoms with Gasteiger partial charge in [0.05, 0.1) is 6.04 Å². The molecule has 3 N–H and O–H groups in total. The molecule has 120 valence electrons. The normalized spacial score (nSPS) is 26.2. The van der Waals surface area contributed by atoms with Gasteiger partial charge in [0.2, 0.25) is 5.91 Å². The molecule has 1 rings (SSSR count). The Balaban J connectivity index is 0.00000361. The Morgan fingerprint density at radius 3 is 2.50 bits per heavy atom. The molecule has 0 saturated heterocycles. The number of amides is 1. The fourth-order valence-corrected chi connectivity index (χ4v) is 3.78.